The maximum absolute atomic E-state index is 13.8. The van der Waals surface area contributed by atoms with E-state index in [1.807, 2.05) is 6.92 Å². The van der Waals surface area contributed by atoms with Crippen molar-refractivity contribution in [1.29, 1.82) is 0 Å². The molecule has 0 fully saturated rings. The fourth-order valence-electron chi connectivity index (χ4n) is 1.96. The van der Waals surface area contributed by atoms with E-state index >= 15 is 0 Å². The number of aliphatic hydroxyl groups is 1. The molecule has 0 heterocycles. The topological polar surface area (TPSA) is 20.2 Å². The SMILES string of the molecule is Cc1ccc(F)c(C(C)(O)c2cccc(F)c2)c1. The molecule has 0 aliphatic carbocycles. The van der Waals surface area contributed by atoms with Gasteiger partial charge in [-0.1, -0.05) is 23.8 Å². The molecule has 1 unspecified atom stereocenters. The molecular weight excluding hydrogens is 234 g/mol. The summed E-state index contributed by atoms with van der Waals surface area (Å²) in [6.07, 6.45) is 0. The smallest absolute Gasteiger partial charge is 0.129 e. The predicted molar refractivity (Wildman–Crippen MR) is 66.2 cm³/mol. The molecule has 0 spiro atoms. The van der Waals surface area contributed by atoms with Crippen molar-refractivity contribution in [3.8, 4) is 0 Å². The zero-order chi connectivity index (χ0) is 13.3. The van der Waals surface area contributed by atoms with Gasteiger partial charge in [0, 0.05) is 5.56 Å². The van der Waals surface area contributed by atoms with Crippen LogP contribution >= 0.6 is 0 Å². The lowest BCUT2D eigenvalue weighted by molar-refractivity contribution is 0.0975. The summed E-state index contributed by atoms with van der Waals surface area (Å²) in [5, 5.41) is 10.5. The second-order valence-electron chi connectivity index (χ2n) is 4.57. The van der Waals surface area contributed by atoms with E-state index in [1.165, 1.54) is 31.2 Å². The van der Waals surface area contributed by atoms with E-state index in [9.17, 15) is 13.9 Å². The van der Waals surface area contributed by atoms with Crippen molar-refractivity contribution >= 4 is 0 Å². The number of benzene rings is 2. The number of halogens is 2. The van der Waals surface area contributed by atoms with Gasteiger partial charge in [-0.15, -0.1) is 0 Å². The molecule has 0 radical (unpaired) electrons. The Bertz CT molecular complexity index is 576. The first-order chi connectivity index (χ1) is 8.41. The second-order valence-corrected chi connectivity index (χ2v) is 4.57. The minimum Gasteiger partial charge on any atom is -0.381 e. The van der Waals surface area contributed by atoms with Gasteiger partial charge in [-0.3, -0.25) is 0 Å². The lowest BCUT2D eigenvalue weighted by atomic mass is 9.87. The summed E-state index contributed by atoms with van der Waals surface area (Å²) < 4.78 is 27.0. The van der Waals surface area contributed by atoms with Crippen molar-refractivity contribution in [2.45, 2.75) is 19.4 Å². The molecule has 2 rings (SSSR count). The molecule has 2 aromatic rings. The average Bonchev–Trinajstić information content (AvgIpc) is 2.32. The molecule has 0 aromatic heterocycles. The third-order valence-corrected chi connectivity index (χ3v) is 3.03. The van der Waals surface area contributed by atoms with E-state index in [-0.39, 0.29) is 5.56 Å². The van der Waals surface area contributed by atoms with Crippen molar-refractivity contribution in [2.24, 2.45) is 0 Å². The second kappa shape index (κ2) is 4.50. The molecular formula is C15H14F2O. The van der Waals surface area contributed by atoms with Gasteiger partial charge < -0.3 is 5.11 Å². The Hall–Kier alpha value is -1.74. The van der Waals surface area contributed by atoms with Gasteiger partial charge in [-0.2, -0.15) is 0 Å². The Labute approximate surface area is 105 Å². The quantitative estimate of drug-likeness (QED) is 0.862. The molecule has 1 atom stereocenters. The first kappa shape index (κ1) is 12.7. The minimum atomic E-state index is -1.56. The van der Waals surface area contributed by atoms with Gasteiger partial charge in [0.25, 0.3) is 0 Å². The number of hydrogen-bond acceptors (Lipinski definition) is 1. The maximum Gasteiger partial charge on any atom is 0.129 e. The zero-order valence-corrected chi connectivity index (χ0v) is 10.2. The average molecular weight is 248 g/mol. The van der Waals surface area contributed by atoms with E-state index in [0.29, 0.717) is 5.56 Å². The lowest BCUT2D eigenvalue weighted by Gasteiger charge is -2.25. The molecule has 0 saturated heterocycles. The largest absolute Gasteiger partial charge is 0.381 e. The molecule has 1 nitrogen and oxygen atoms in total. The number of aryl methyl sites for hydroxylation is 1. The van der Waals surface area contributed by atoms with Crippen molar-refractivity contribution in [3.05, 3.63) is 70.8 Å². The third-order valence-electron chi connectivity index (χ3n) is 3.03. The van der Waals surface area contributed by atoms with Gasteiger partial charge in [-0.05, 0) is 43.7 Å². The third kappa shape index (κ3) is 2.27. The van der Waals surface area contributed by atoms with Crippen LogP contribution < -0.4 is 0 Å². The summed E-state index contributed by atoms with van der Waals surface area (Å²) in [7, 11) is 0. The zero-order valence-electron chi connectivity index (χ0n) is 10.2. The van der Waals surface area contributed by atoms with Gasteiger partial charge in [0.2, 0.25) is 0 Å². The summed E-state index contributed by atoms with van der Waals surface area (Å²) in [5.74, 6) is -0.962. The van der Waals surface area contributed by atoms with Crippen molar-refractivity contribution in [2.75, 3.05) is 0 Å². The summed E-state index contributed by atoms with van der Waals surface area (Å²) >= 11 is 0. The van der Waals surface area contributed by atoms with Crippen LogP contribution in [0.1, 0.15) is 23.6 Å². The van der Waals surface area contributed by atoms with E-state index < -0.39 is 17.2 Å². The van der Waals surface area contributed by atoms with E-state index in [0.717, 1.165) is 5.56 Å². The molecule has 18 heavy (non-hydrogen) atoms. The van der Waals surface area contributed by atoms with Crippen LogP contribution in [0.2, 0.25) is 0 Å². The lowest BCUT2D eigenvalue weighted by Crippen LogP contribution is -2.24. The van der Waals surface area contributed by atoms with Crippen LogP contribution in [0.15, 0.2) is 42.5 Å². The fraction of sp³-hybridized carbons (Fsp3) is 0.200. The first-order valence-corrected chi connectivity index (χ1v) is 5.66. The Morgan fingerprint density at radius 3 is 2.44 bits per heavy atom. The molecule has 0 aliphatic rings. The fourth-order valence-corrected chi connectivity index (χ4v) is 1.96. The van der Waals surface area contributed by atoms with Gasteiger partial charge in [0.1, 0.15) is 17.2 Å². The summed E-state index contributed by atoms with van der Waals surface area (Å²) in [4.78, 5) is 0. The summed E-state index contributed by atoms with van der Waals surface area (Å²) in [6.45, 7) is 3.27. The molecule has 1 N–H and O–H groups in total. The van der Waals surface area contributed by atoms with Crippen molar-refractivity contribution in [1.82, 2.24) is 0 Å². The van der Waals surface area contributed by atoms with E-state index in [4.69, 9.17) is 0 Å². The molecule has 0 amide bonds. The van der Waals surface area contributed by atoms with Crippen LogP contribution in [-0.2, 0) is 5.60 Å². The van der Waals surface area contributed by atoms with Gasteiger partial charge >= 0.3 is 0 Å². The van der Waals surface area contributed by atoms with Crippen LogP contribution in [0.3, 0.4) is 0 Å². The summed E-state index contributed by atoms with van der Waals surface area (Å²) in [5.41, 5.74) is -0.249. The van der Waals surface area contributed by atoms with Crippen LogP contribution in [0.5, 0.6) is 0 Å². The number of rotatable bonds is 2. The van der Waals surface area contributed by atoms with E-state index in [2.05, 4.69) is 0 Å². The standard InChI is InChI=1S/C15H14F2O/c1-10-6-7-14(17)13(8-10)15(2,18)11-4-3-5-12(16)9-11/h3-9,18H,1-2H3. The molecule has 94 valence electrons. The van der Waals surface area contributed by atoms with Crippen LogP contribution in [0, 0.1) is 18.6 Å². The first-order valence-electron chi connectivity index (χ1n) is 5.66. The molecule has 3 heteroatoms. The highest BCUT2D eigenvalue weighted by Crippen LogP contribution is 2.31. The van der Waals surface area contributed by atoms with Gasteiger partial charge in [0.05, 0.1) is 0 Å². The predicted octanol–water partition coefficient (Wildman–Crippen LogP) is 3.53. The normalized spacial score (nSPS) is 14.3. The molecule has 0 saturated carbocycles. The highest BCUT2D eigenvalue weighted by molar-refractivity contribution is 5.38. The Kier molecular flexibility index (Phi) is 3.18. The van der Waals surface area contributed by atoms with Crippen molar-refractivity contribution < 1.29 is 13.9 Å². The van der Waals surface area contributed by atoms with Gasteiger partial charge in [-0.25, -0.2) is 8.78 Å². The van der Waals surface area contributed by atoms with Crippen LogP contribution in [0.4, 0.5) is 8.78 Å². The summed E-state index contributed by atoms with van der Waals surface area (Å²) in [6, 6.07) is 10.1. The highest BCUT2D eigenvalue weighted by Gasteiger charge is 2.29. The Morgan fingerprint density at radius 1 is 1.06 bits per heavy atom. The van der Waals surface area contributed by atoms with Crippen LogP contribution in [0.25, 0.3) is 0 Å². The minimum absolute atomic E-state index is 0.146. The van der Waals surface area contributed by atoms with Crippen molar-refractivity contribution in [3.63, 3.8) is 0 Å². The van der Waals surface area contributed by atoms with Gasteiger partial charge in [0.15, 0.2) is 0 Å². The molecule has 0 bridgehead atoms. The molecule has 2 aromatic carbocycles. The van der Waals surface area contributed by atoms with Crippen LogP contribution in [-0.4, -0.2) is 5.11 Å². The highest BCUT2D eigenvalue weighted by atomic mass is 19.1. The molecule has 0 aliphatic heterocycles. The van der Waals surface area contributed by atoms with E-state index in [1.54, 1.807) is 18.2 Å². The Balaban J connectivity index is 2.57. The number of hydrogen-bond donors (Lipinski definition) is 1. The maximum atomic E-state index is 13.8. The monoisotopic (exact) mass is 248 g/mol. The Morgan fingerprint density at radius 2 is 1.78 bits per heavy atom.